The Morgan fingerprint density at radius 2 is 1.66 bits per heavy atom. The standard InChI is InChI=1S/C23H31ClN6O2/c1-18(31)29-7-2-8-30(14-13-29)23-25-21(15-22(32)26-23)17-28-11-9-27(10-12-28)16-19-3-5-20(24)6-4-19/h3-6,15H,2,7-14,16-17H2,1H3,(H,25,26,32). The van der Waals surface area contributed by atoms with Crippen LogP contribution in [0.15, 0.2) is 35.1 Å². The fraction of sp³-hybridized carbons (Fsp3) is 0.522. The molecule has 1 N–H and O–H groups in total. The minimum Gasteiger partial charge on any atom is -0.341 e. The van der Waals surface area contributed by atoms with E-state index in [1.807, 2.05) is 17.0 Å². The van der Waals surface area contributed by atoms with Crippen LogP contribution >= 0.6 is 11.6 Å². The van der Waals surface area contributed by atoms with Crippen LogP contribution in [-0.2, 0) is 17.9 Å². The Morgan fingerprint density at radius 3 is 2.34 bits per heavy atom. The lowest BCUT2D eigenvalue weighted by atomic mass is 10.2. The lowest BCUT2D eigenvalue weighted by Gasteiger charge is -2.34. The van der Waals surface area contributed by atoms with Crippen LogP contribution in [0.25, 0.3) is 0 Å². The number of carbonyl (C=O) groups is 1. The van der Waals surface area contributed by atoms with Gasteiger partial charge in [0.25, 0.3) is 5.56 Å². The summed E-state index contributed by atoms with van der Waals surface area (Å²) in [7, 11) is 0. The van der Waals surface area contributed by atoms with Crippen molar-refractivity contribution in [3.63, 3.8) is 0 Å². The average molecular weight is 459 g/mol. The number of rotatable bonds is 5. The van der Waals surface area contributed by atoms with Crippen molar-refractivity contribution in [1.82, 2.24) is 24.7 Å². The number of carbonyl (C=O) groups excluding carboxylic acids is 1. The summed E-state index contributed by atoms with van der Waals surface area (Å²) in [6.07, 6.45) is 0.864. The zero-order valence-corrected chi connectivity index (χ0v) is 19.4. The number of nitrogens with one attached hydrogen (secondary N) is 1. The van der Waals surface area contributed by atoms with Crippen molar-refractivity contribution in [2.75, 3.05) is 57.3 Å². The SMILES string of the molecule is CC(=O)N1CCCN(c2nc(CN3CCN(Cc4ccc(Cl)cc4)CC3)cc(=O)[nH]2)CC1. The maximum absolute atomic E-state index is 12.3. The van der Waals surface area contributed by atoms with Crippen molar-refractivity contribution in [3.05, 3.63) is 57.0 Å². The molecule has 32 heavy (non-hydrogen) atoms. The number of hydrogen-bond acceptors (Lipinski definition) is 6. The van der Waals surface area contributed by atoms with Crippen LogP contribution in [0, 0.1) is 0 Å². The fourth-order valence-electron chi connectivity index (χ4n) is 4.35. The summed E-state index contributed by atoms with van der Waals surface area (Å²) in [5.74, 6) is 0.705. The van der Waals surface area contributed by atoms with Crippen molar-refractivity contribution < 1.29 is 4.79 Å². The molecule has 1 amide bonds. The molecule has 2 aliphatic heterocycles. The minimum atomic E-state index is -0.126. The zero-order chi connectivity index (χ0) is 22.5. The Morgan fingerprint density at radius 1 is 0.969 bits per heavy atom. The van der Waals surface area contributed by atoms with Crippen molar-refractivity contribution in [3.8, 4) is 0 Å². The molecule has 0 saturated carbocycles. The number of halogens is 1. The number of benzene rings is 1. The van der Waals surface area contributed by atoms with E-state index >= 15 is 0 Å². The molecule has 2 fully saturated rings. The number of amides is 1. The molecule has 9 heteroatoms. The molecule has 2 aliphatic rings. The summed E-state index contributed by atoms with van der Waals surface area (Å²) < 4.78 is 0. The van der Waals surface area contributed by atoms with Gasteiger partial charge in [-0.05, 0) is 24.1 Å². The first kappa shape index (κ1) is 22.8. The van der Waals surface area contributed by atoms with E-state index in [0.717, 1.165) is 63.0 Å². The smallest absolute Gasteiger partial charge is 0.252 e. The third-order valence-electron chi connectivity index (χ3n) is 6.19. The number of hydrogen-bond donors (Lipinski definition) is 1. The topological polar surface area (TPSA) is 75.8 Å². The number of H-pyrrole nitrogens is 1. The van der Waals surface area contributed by atoms with Crippen LogP contribution in [0.1, 0.15) is 24.6 Å². The molecule has 8 nitrogen and oxygen atoms in total. The molecule has 4 rings (SSSR count). The van der Waals surface area contributed by atoms with E-state index in [4.69, 9.17) is 16.6 Å². The van der Waals surface area contributed by atoms with Crippen molar-refractivity contribution in [1.29, 1.82) is 0 Å². The van der Waals surface area contributed by atoms with Gasteiger partial charge < -0.3 is 9.80 Å². The lowest BCUT2D eigenvalue weighted by molar-refractivity contribution is -0.128. The van der Waals surface area contributed by atoms with Crippen LogP contribution in [0.5, 0.6) is 0 Å². The summed E-state index contributed by atoms with van der Waals surface area (Å²) in [4.78, 5) is 40.4. The first-order chi connectivity index (χ1) is 15.5. The van der Waals surface area contributed by atoms with E-state index in [1.54, 1.807) is 13.0 Å². The van der Waals surface area contributed by atoms with Crippen LogP contribution in [-0.4, -0.2) is 82.9 Å². The Labute approximate surface area is 193 Å². The van der Waals surface area contributed by atoms with Gasteiger partial charge in [-0.1, -0.05) is 23.7 Å². The molecule has 3 heterocycles. The van der Waals surface area contributed by atoms with Gasteiger partial charge in [0, 0.05) is 83.5 Å². The van der Waals surface area contributed by atoms with E-state index in [1.165, 1.54) is 5.56 Å². The molecule has 1 aromatic heterocycles. The van der Waals surface area contributed by atoms with Crippen molar-refractivity contribution in [2.45, 2.75) is 26.4 Å². The van der Waals surface area contributed by atoms with Crippen LogP contribution in [0.4, 0.5) is 5.95 Å². The molecule has 2 aromatic rings. The molecule has 0 radical (unpaired) electrons. The molecule has 0 aliphatic carbocycles. The van der Waals surface area contributed by atoms with E-state index in [0.29, 0.717) is 25.6 Å². The maximum atomic E-state index is 12.3. The van der Waals surface area contributed by atoms with Gasteiger partial charge in [-0.2, -0.15) is 0 Å². The third-order valence-corrected chi connectivity index (χ3v) is 6.44. The van der Waals surface area contributed by atoms with Crippen molar-refractivity contribution in [2.24, 2.45) is 0 Å². The Bertz CT molecular complexity index is 971. The second-order valence-corrected chi connectivity index (χ2v) is 9.02. The first-order valence-corrected chi connectivity index (χ1v) is 11.6. The van der Waals surface area contributed by atoms with Crippen LogP contribution < -0.4 is 10.5 Å². The van der Waals surface area contributed by atoms with Gasteiger partial charge in [0.1, 0.15) is 0 Å². The zero-order valence-electron chi connectivity index (χ0n) is 18.6. The van der Waals surface area contributed by atoms with E-state index in [9.17, 15) is 9.59 Å². The summed E-state index contributed by atoms with van der Waals surface area (Å²) in [6.45, 7) is 9.87. The highest BCUT2D eigenvalue weighted by Gasteiger charge is 2.21. The molecule has 0 unspecified atom stereocenters. The molecule has 0 bridgehead atoms. The highest BCUT2D eigenvalue weighted by Crippen LogP contribution is 2.15. The van der Waals surface area contributed by atoms with Gasteiger partial charge in [-0.25, -0.2) is 4.98 Å². The maximum Gasteiger partial charge on any atom is 0.252 e. The normalized spacial score (nSPS) is 18.6. The second kappa shape index (κ2) is 10.5. The summed E-state index contributed by atoms with van der Waals surface area (Å²) >= 11 is 5.98. The van der Waals surface area contributed by atoms with Gasteiger partial charge in [0.05, 0.1) is 5.69 Å². The fourth-order valence-corrected chi connectivity index (χ4v) is 4.48. The first-order valence-electron chi connectivity index (χ1n) is 11.3. The largest absolute Gasteiger partial charge is 0.341 e. The number of aromatic amines is 1. The molecular formula is C23H31ClN6O2. The Hall–Kier alpha value is -2.42. The molecule has 0 atom stereocenters. The molecule has 2 saturated heterocycles. The number of aromatic nitrogens is 2. The quantitative estimate of drug-likeness (QED) is 0.736. The van der Waals surface area contributed by atoms with Gasteiger partial charge in [0.2, 0.25) is 11.9 Å². The number of nitrogens with zero attached hydrogens (tertiary/aromatic N) is 5. The summed E-state index contributed by atoms with van der Waals surface area (Å²) in [5.41, 5.74) is 1.94. The average Bonchev–Trinajstić information content (AvgIpc) is 3.03. The van der Waals surface area contributed by atoms with Crippen LogP contribution in [0.3, 0.4) is 0 Å². The molecule has 0 spiro atoms. The van der Waals surface area contributed by atoms with Gasteiger partial charge >= 0.3 is 0 Å². The van der Waals surface area contributed by atoms with Gasteiger partial charge in [-0.3, -0.25) is 24.4 Å². The molecule has 1 aromatic carbocycles. The van der Waals surface area contributed by atoms with Crippen LogP contribution in [0.2, 0.25) is 5.02 Å². The number of anilines is 1. The highest BCUT2D eigenvalue weighted by molar-refractivity contribution is 6.30. The highest BCUT2D eigenvalue weighted by atomic mass is 35.5. The van der Waals surface area contributed by atoms with E-state index < -0.39 is 0 Å². The van der Waals surface area contributed by atoms with E-state index in [2.05, 4.69) is 31.8 Å². The second-order valence-electron chi connectivity index (χ2n) is 8.59. The Balaban J connectivity index is 1.33. The summed E-state index contributed by atoms with van der Waals surface area (Å²) in [5, 5.41) is 0.764. The van der Waals surface area contributed by atoms with Gasteiger partial charge in [0.15, 0.2) is 0 Å². The lowest BCUT2D eigenvalue weighted by Crippen LogP contribution is -2.45. The predicted octanol–water partition coefficient (Wildman–Crippen LogP) is 1.80. The molecule has 172 valence electrons. The summed E-state index contributed by atoms with van der Waals surface area (Å²) in [6, 6.07) is 9.63. The van der Waals surface area contributed by atoms with E-state index in [-0.39, 0.29) is 11.5 Å². The monoisotopic (exact) mass is 458 g/mol. The minimum absolute atomic E-state index is 0.0947. The predicted molar refractivity (Wildman–Crippen MR) is 126 cm³/mol. The van der Waals surface area contributed by atoms with Crippen molar-refractivity contribution >= 4 is 23.5 Å². The third kappa shape index (κ3) is 6.09. The van der Waals surface area contributed by atoms with Gasteiger partial charge in [-0.15, -0.1) is 0 Å². The number of piperazine rings is 1. The Kier molecular flexibility index (Phi) is 7.44. The molecular weight excluding hydrogens is 428 g/mol.